The number of rotatable bonds is 4. The monoisotopic (exact) mass is 312 g/mol. The zero-order chi connectivity index (χ0) is 15.6. The number of anilines is 1. The Morgan fingerprint density at radius 2 is 1.90 bits per heavy atom. The van der Waals surface area contributed by atoms with Crippen LogP contribution in [0.2, 0.25) is 0 Å². The van der Waals surface area contributed by atoms with Crippen LogP contribution in [0, 0.1) is 0 Å². The second-order valence-corrected chi connectivity index (χ2v) is 6.46. The Hall–Kier alpha value is -2.22. The molecule has 7 nitrogen and oxygen atoms in total. The number of hydrogen-bond donors (Lipinski definition) is 2. The maximum atomic E-state index is 12.2. The van der Waals surface area contributed by atoms with Crippen molar-refractivity contribution in [2.45, 2.75) is 6.04 Å². The molecule has 1 aromatic rings. The fraction of sp³-hybridized carbons (Fsp3) is 0.308. The molecule has 2 rings (SSSR count). The summed E-state index contributed by atoms with van der Waals surface area (Å²) >= 11 is 0. The average Bonchev–Trinajstić information content (AvgIpc) is 2.77. The maximum Gasteiger partial charge on any atom is 0.254 e. The third kappa shape index (κ3) is 3.27. The molecule has 1 aliphatic rings. The highest BCUT2D eigenvalue weighted by Gasteiger charge is 2.24. The predicted octanol–water partition coefficient (Wildman–Crippen LogP) is 0.327. The van der Waals surface area contributed by atoms with Crippen LogP contribution in [-0.4, -0.2) is 40.3 Å². The van der Waals surface area contributed by atoms with Gasteiger partial charge in [-0.3, -0.25) is 4.79 Å². The van der Waals surface area contributed by atoms with Crippen molar-refractivity contribution in [2.24, 2.45) is 0 Å². The fourth-order valence-electron chi connectivity index (χ4n) is 2.00. The van der Waals surface area contributed by atoms with E-state index in [1.54, 1.807) is 0 Å². The van der Waals surface area contributed by atoms with Crippen molar-refractivity contribution < 1.29 is 22.7 Å². The summed E-state index contributed by atoms with van der Waals surface area (Å²) in [5.41, 5.74) is 6.23. The number of hydrogen-bond acceptors (Lipinski definition) is 6. The molecule has 3 N–H and O–H groups in total. The summed E-state index contributed by atoms with van der Waals surface area (Å²) in [6, 6.07) is 2.38. The van der Waals surface area contributed by atoms with Crippen LogP contribution >= 0.6 is 0 Å². The second-order valence-electron chi connectivity index (χ2n) is 4.53. The van der Waals surface area contributed by atoms with E-state index in [0.717, 1.165) is 5.41 Å². The number of sulfone groups is 1. The van der Waals surface area contributed by atoms with Crippen LogP contribution in [0.5, 0.6) is 11.5 Å². The first-order chi connectivity index (χ1) is 9.86. The third-order valence-corrected chi connectivity index (χ3v) is 4.44. The number of methoxy groups -OCH3 is 2. The highest BCUT2D eigenvalue weighted by Crippen LogP contribution is 2.31. The largest absolute Gasteiger partial charge is 0.493 e. The molecule has 1 heterocycles. The summed E-state index contributed by atoms with van der Waals surface area (Å²) in [4.78, 5) is 12.2. The van der Waals surface area contributed by atoms with Gasteiger partial charge in [0.05, 0.1) is 31.6 Å². The van der Waals surface area contributed by atoms with E-state index >= 15 is 0 Å². The zero-order valence-corrected chi connectivity index (χ0v) is 12.4. The smallest absolute Gasteiger partial charge is 0.254 e. The summed E-state index contributed by atoms with van der Waals surface area (Å²) in [5, 5.41) is 3.69. The van der Waals surface area contributed by atoms with E-state index in [-0.39, 0.29) is 17.0 Å². The lowest BCUT2D eigenvalue weighted by molar-refractivity contribution is 0.0948. The third-order valence-electron chi connectivity index (χ3n) is 3.05. The maximum absolute atomic E-state index is 12.2. The van der Waals surface area contributed by atoms with Crippen LogP contribution in [0.1, 0.15) is 10.4 Å². The molecule has 0 saturated heterocycles. The van der Waals surface area contributed by atoms with Crippen molar-refractivity contribution >= 4 is 21.4 Å². The van der Waals surface area contributed by atoms with Crippen molar-refractivity contribution in [3.63, 3.8) is 0 Å². The minimum Gasteiger partial charge on any atom is -0.493 e. The lowest BCUT2D eigenvalue weighted by Crippen LogP contribution is -2.35. The van der Waals surface area contributed by atoms with Gasteiger partial charge in [-0.05, 0) is 12.1 Å². The molecule has 0 saturated carbocycles. The number of carbonyl (C=O) groups is 1. The molecule has 21 heavy (non-hydrogen) atoms. The number of carbonyl (C=O) groups excluding carboxylic acids is 1. The summed E-state index contributed by atoms with van der Waals surface area (Å²) in [6.45, 7) is 0. The highest BCUT2D eigenvalue weighted by molar-refractivity contribution is 7.94. The van der Waals surface area contributed by atoms with Gasteiger partial charge in [-0.25, -0.2) is 8.42 Å². The molecule has 1 aliphatic heterocycles. The quantitative estimate of drug-likeness (QED) is 0.776. The minimum absolute atomic E-state index is 0.147. The normalized spacial score (nSPS) is 19.2. The number of ether oxygens (including phenoxy) is 2. The molecule has 1 unspecified atom stereocenters. The molecule has 0 radical (unpaired) electrons. The Morgan fingerprint density at radius 3 is 2.43 bits per heavy atom. The molecule has 0 spiro atoms. The van der Waals surface area contributed by atoms with Gasteiger partial charge in [-0.15, -0.1) is 0 Å². The number of benzene rings is 1. The summed E-state index contributed by atoms with van der Waals surface area (Å²) < 4.78 is 32.8. The van der Waals surface area contributed by atoms with Crippen molar-refractivity contribution in [2.75, 3.05) is 25.7 Å². The average molecular weight is 312 g/mol. The second kappa shape index (κ2) is 5.65. The first kappa shape index (κ1) is 15.2. The van der Waals surface area contributed by atoms with E-state index in [4.69, 9.17) is 15.2 Å². The summed E-state index contributed by atoms with van der Waals surface area (Å²) in [5.74, 6) is 0.160. The van der Waals surface area contributed by atoms with Crippen LogP contribution in [-0.2, 0) is 9.84 Å². The fourth-order valence-corrected chi connectivity index (χ4v) is 3.24. The molecule has 1 amide bonds. The van der Waals surface area contributed by atoms with Gasteiger partial charge in [0.2, 0.25) is 0 Å². The molecule has 1 atom stereocenters. The van der Waals surface area contributed by atoms with Crippen LogP contribution in [0.4, 0.5) is 5.69 Å². The van der Waals surface area contributed by atoms with E-state index < -0.39 is 21.8 Å². The lowest BCUT2D eigenvalue weighted by Gasteiger charge is -2.14. The molecular formula is C13H16N2O5S. The number of nitrogens with one attached hydrogen (secondary N) is 1. The summed E-state index contributed by atoms with van der Waals surface area (Å²) in [7, 11) is -0.318. The molecule has 114 valence electrons. The first-order valence-electron chi connectivity index (χ1n) is 6.09. The first-order valence-corrected chi connectivity index (χ1v) is 7.81. The molecule has 0 aliphatic carbocycles. The highest BCUT2D eigenvalue weighted by atomic mass is 32.2. The standard InChI is InChI=1S/C13H16N2O5S/c1-19-11-5-9(10(14)6-12(11)20-2)13(16)15-8-3-4-21(17,18)7-8/h3-6,8H,7,14H2,1-2H3,(H,15,16). The van der Waals surface area contributed by atoms with E-state index in [1.807, 2.05) is 0 Å². The molecule has 0 bridgehead atoms. The van der Waals surface area contributed by atoms with E-state index in [0.29, 0.717) is 11.5 Å². The minimum atomic E-state index is -3.23. The summed E-state index contributed by atoms with van der Waals surface area (Å²) in [6.07, 6.45) is 1.43. The number of amides is 1. The van der Waals surface area contributed by atoms with E-state index in [9.17, 15) is 13.2 Å². The van der Waals surface area contributed by atoms with Crippen LogP contribution in [0.25, 0.3) is 0 Å². The Labute approximate surface area is 122 Å². The van der Waals surface area contributed by atoms with E-state index in [1.165, 1.54) is 32.4 Å². The molecule has 8 heteroatoms. The molecule has 0 fully saturated rings. The lowest BCUT2D eigenvalue weighted by atomic mass is 10.1. The van der Waals surface area contributed by atoms with Crippen LogP contribution < -0.4 is 20.5 Å². The van der Waals surface area contributed by atoms with Gasteiger partial charge in [0.1, 0.15) is 0 Å². The number of nitrogen functional groups attached to an aromatic ring is 1. The predicted molar refractivity (Wildman–Crippen MR) is 78.1 cm³/mol. The zero-order valence-electron chi connectivity index (χ0n) is 11.6. The Balaban J connectivity index is 2.22. The topological polar surface area (TPSA) is 108 Å². The van der Waals surface area contributed by atoms with Crippen LogP contribution in [0.3, 0.4) is 0 Å². The van der Waals surface area contributed by atoms with Gasteiger partial charge < -0.3 is 20.5 Å². The van der Waals surface area contributed by atoms with Crippen molar-refractivity contribution in [3.05, 3.63) is 29.2 Å². The Morgan fingerprint density at radius 1 is 1.29 bits per heavy atom. The van der Waals surface area contributed by atoms with Gasteiger partial charge in [0, 0.05) is 17.2 Å². The van der Waals surface area contributed by atoms with Gasteiger partial charge in [0.25, 0.3) is 5.91 Å². The number of nitrogens with two attached hydrogens (primary N) is 1. The van der Waals surface area contributed by atoms with Crippen molar-refractivity contribution in [1.82, 2.24) is 5.32 Å². The molecule has 0 aromatic heterocycles. The van der Waals surface area contributed by atoms with Gasteiger partial charge in [-0.1, -0.05) is 0 Å². The van der Waals surface area contributed by atoms with Gasteiger partial charge >= 0.3 is 0 Å². The Bertz CT molecular complexity index is 697. The van der Waals surface area contributed by atoms with Crippen molar-refractivity contribution in [1.29, 1.82) is 0 Å². The molecule has 1 aromatic carbocycles. The van der Waals surface area contributed by atoms with E-state index in [2.05, 4.69) is 5.32 Å². The molecular weight excluding hydrogens is 296 g/mol. The van der Waals surface area contributed by atoms with Crippen LogP contribution in [0.15, 0.2) is 23.6 Å². The SMILES string of the molecule is COc1cc(N)c(C(=O)NC2C=CS(=O)(=O)C2)cc1OC. The van der Waals surface area contributed by atoms with Crippen molar-refractivity contribution in [3.8, 4) is 11.5 Å². The van der Waals surface area contributed by atoms with Gasteiger partial charge in [-0.2, -0.15) is 0 Å². The Kier molecular flexibility index (Phi) is 4.08. The van der Waals surface area contributed by atoms with Gasteiger partial charge in [0.15, 0.2) is 21.3 Å².